The molecule has 1 aliphatic heterocycles. The molecule has 3 rings (SSSR count). The molecule has 29 heavy (non-hydrogen) atoms. The van der Waals surface area contributed by atoms with Gasteiger partial charge in [-0.15, -0.1) is 0 Å². The first-order valence-corrected chi connectivity index (χ1v) is 10.7. The minimum Gasteiger partial charge on any atom is -0.366 e. The fourth-order valence-electron chi connectivity index (χ4n) is 3.19. The van der Waals surface area contributed by atoms with Crippen LogP contribution in [-0.4, -0.2) is 58.2 Å². The van der Waals surface area contributed by atoms with Gasteiger partial charge in [0.1, 0.15) is 24.0 Å². The van der Waals surface area contributed by atoms with Gasteiger partial charge in [0, 0.05) is 32.2 Å². The van der Waals surface area contributed by atoms with Gasteiger partial charge in [0.05, 0.1) is 17.6 Å². The van der Waals surface area contributed by atoms with Gasteiger partial charge in [0.15, 0.2) is 0 Å². The van der Waals surface area contributed by atoms with Crippen LogP contribution in [0.15, 0.2) is 42.5 Å². The van der Waals surface area contributed by atoms with Crippen LogP contribution in [0.4, 0.5) is 24.5 Å². The van der Waals surface area contributed by atoms with E-state index >= 15 is 0 Å². The highest BCUT2D eigenvalue weighted by molar-refractivity contribution is 7.92. The van der Waals surface area contributed by atoms with Gasteiger partial charge >= 0.3 is 0 Å². The van der Waals surface area contributed by atoms with E-state index in [9.17, 15) is 26.4 Å². The molecule has 1 saturated heterocycles. The third-order valence-corrected chi connectivity index (χ3v) is 5.81. The Labute approximate surface area is 167 Å². The number of rotatable bonds is 5. The summed E-state index contributed by atoms with van der Waals surface area (Å²) in [5.41, 5.74) is 0.0398. The van der Waals surface area contributed by atoms with Crippen molar-refractivity contribution in [2.75, 3.05) is 48.2 Å². The Hall–Kier alpha value is -2.75. The van der Waals surface area contributed by atoms with Crippen molar-refractivity contribution in [2.24, 2.45) is 0 Å². The number of halogens is 3. The predicted molar refractivity (Wildman–Crippen MR) is 104 cm³/mol. The number of hydrogen-bond donors (Lipinski definition) is 0. The molecule has 0 bridgehead atoms. The van der Waals surface area contributed by atoms with E-state index in [2.05, 4.69) is 0 Å². The van der Waals surface area contributed by atoms with Crippen molar-refractivity contribution in [3.05, 3.63) is 59.9 Å². The number of nitrogens with zero attached hydrogens (tertiary/aromatic N) is 3. The molecule has 0 unspecified atom stereocenters. The molecule has 0 aliphatic carbocycles. The Kier molecular flexibility index (Phi) is 6.02. The third-order valence-electron chi connectivity index (χ3n) is 4.68. The molecule has 2 aromatic rings. The summed E-state index contributed by atoms with van der Waals surface area (Å²) in [7, 11) is -3.98. The van der Waals surface area contributed by atoms with Gasteiger partial charge in [0.25, 0.3) is 0 Å². The number of carbonyl (C=O) groups is 1. The molecule has 10 heteroatoms. The molecular weight excluding hydrogens is 407 g/mol. The van der Waals surface area contributed by atoms with Crippen LogP contribution in [0.2, 0.25) is 0 Å². The zero-order valence-corrected chi connectivity index (χ0v) is 16.5. The Morgan fingerprint density at radius 2 is 1.66 bits per heavy atom. The quantitative estimate of drug-likeness (QED) is 0.734. The van der Waals surface area contributed by atoms with E-state index in [0.29, 0.717) is 29.1 Å². The Bertz CT molecular complexity index is 1010. The lowest BCUT2D eigenvalue weighted by molar-refractivity contribution is -0.129. The van der Waals surface area contributed by atoms with Gasteiger partial charge < -0.3 is 9.80 Å². The molecule has 1 heterocycles. The molecule has 0 aromatic heterocycles. The van der Waals surface area contributed by atoms with Crippen molar-refractivity contribution in [1.82, 2.24) is 4.90 Å². The fourth-order valence-corrected chi connectivity index (χ4v) is 4.04. The second kappa shape index (κ2) is 8.32. The lowest BCUT2D eigenvalue weighted by Crippen LogP contribution is -2.52. The Balaban J connectivity index is 1.71. The van der Waals surface area contributed by atoms with Gasteiger partial charge in [0.2, 0.25) is 15.9 Å². The van der Waals surface area contributed by atoms with Crippen LogP contribution in [0.3, 0.4) is 0 Å². The highest BCUT2D eigenvalue weighted by Crippen LogP contribution is 2.24. The minimum atomic E-state index is -3.98. The lowest BCUT2D eigenvalue weighted by atomic mass is 10.2. The summed E-state index contributed by atoms with van der Waals surface area (Å²) in [4.78, 5) is 15.9. The van der Waals surface area contributed by atoms with Crippen LogP contribution in [0.25, 0.3) is 0 Å². The number of sulfonamides is 1. The second-order valence-corrected chi connectivity index (χ2v) is 8.59. The SMILES string of the molecule is CS(=O)(=O)N(CC(=O)N1CCN(c2ccccc2F)CC1)c1ccc(F)cc1F. The monoisotopic (exact) mass is 427 g/mol. The van der Waals surface area contributed by atoms with Gasteiger partial charge in [-0.2, -0.15) is 0 Å². The van der Waals surface area contributed by atoms with Crippen LogP contribution in [0.5, 0.6) is 0 Å². The average Bonchev–Trinajstić information content (AvgIpc) is 2.66. The number of hydrogen-bond acceptors (Lipinski definition) is 4. The minimum absolute atomic E-state index is 0.261. The predicted octanol–water partition coefficient (Wildman–Crippen LogP) is 2.22. The first-order chi connectivity index (χ1) is 13.7. The standard InChI is InChI=1S/C19H20F3N3O3S/c1-29(27,28)25(18-7-6-14(20)12-16(18)22)13-19(26)24-10-8-23(9-11-24)17-5-3-2-4-15(17)21/h2-7,12H,8-11,13H2,1H3. The first-order valence-electron chi connectivity index (χ1n) is 8.87. The number of piperazine rings is 1. The smallest absolute Gasteiger partial charge is 0.243 e. The van der Waals surface area contributed by atoms with Gasteiger partial charge in [-0.05, 0) is 24.3 Å². The zero-order chi connectivity index (χ0) is 21.2. The Morgan fingerprint density at radius 3 is 2.24 bits per heavy atom. The van der Waals surface area contributed by atoms with Crippen molar-refractivity contribution in [3.8, 4) is 0 Å². The summed E-state index contributed by atoms with van der Waals surface area (Å²) >= 11 is 0. The maximum Gasteiger partial charge on any atom is 0.243 e. The summed E-state index contributed by atoms with van der Waals surface area (Å²) < 4.78 is 66.0. The van der Waals surface area contributed by atoms with Crippen molar-refractivity contribution < 1.29 is 26.4 Å². The Morgan fingerprint density at radius 1 is 1.00 bits per heavy atom. The molecule has 2 aromatic carbocycles. The number of amides is 1. The summed E-state index contributed by atoms with van der Waals surface area (Å²) in [6, 6.07) is 8.78. The molecule has 1 aliphatic rings. The molecule has 156 valence electrons. The van der Waals surface area contributed by atoms with Gasteiger partial charge in [-0.1, -0.05) is 12.1 Å². The topological polar surface area (TPSA) is 60.9 Å². The molecule has 6 nitrogen and oxygen atoms in total. The van der Waals surface area contributed by atoms with Crippen molar-refractivity contribution in [2.45, 2.75) is 0 Å². The van der Waals surface area contributed by atoms with E-state index in [1.807, 2.05) is 0 Å². The summed E-state index contributed by atoms with van der Waals surface area (Å²) in [5, 5.41) is 0. The first kappa shape index (κ1) is 21.0. The van der Waals surface area contributed by atoms with Crippen molar-refractivity contribution >= 4 is 27.3 Å². The molecule has 0 spiro atoms. The molecule has 0 atom stereocenters. The maximum absolute atomic E-state index is 14.1. The summed E-state index contributed by atoms with van der Waals surface area (Å²) in [6.07, 6.45) is 0.846. The van der Waals surface area contributed by atoms with Crippen LogP contribution in [0.1, 0.15) is 0 Å². The van der Waals surface area contributed by atoms with E-state index in [4.69, 9.17) is 0 Å². The lowest BCUT2D eigenvalue weighted by Gasteiger charge is -2.37. The van der Waals surface area contributed by atoms with Crippen LogP contribution >= 0.6 is 0 Å². The molecule has 1 amide bonds. The van der Waals surface area contributed by atoms with Gasteiger partial charge in [-0.25, -0.2) is 21.6 Å². The normalized spacial score (nSPS) is 14.8. The molecule has 1 fully saturated rings. The maximum atomic E-state index is 14.1. The molecule has 0 N–H and O–H groups in total. The van der Waals surface area contributed by atoms with Gasteiger partial charge in [-0.3, -0.25) is 9.10 Å². The van der Waals surface area contributed by atoms with E-state index in [1.165, 1.54) is 11.0 Å². The van der Waals surface area contributed by atoms with E-state index in [1.54, 1.807) is 23.1 Å². The van der Waals surface area contributed by atoms with Crippen LogP contribution < -0.4 is 9.21 Å². The number of carbonyl (C=O) groups excluding carboxylic acids is 1. The van der Waals surface area contributed by atoms with Crippen LogP contribution in [0, 0.1) is 17.5 Å². The fraction of sp³-hybridized carbons (Fsp3) is 0.316. The average molecular weight is 427 g/mol. The van der Waals surface area contributed by atoms with Crippen LogP contribution in [-0.2, 0) is 14.8 Å². The highest BCUT2D eigenvalue weighted by atomic mass is 32.2. The zero-order valence-electron chi connectivity index (χ0n) is 15.7. The third kappa shape index (κ3) is 4.81. The second-order valence-electron chi connectivity index (χ2n) is 6.68. The number of anilines is 2. The van der Waals surface area contributed by atoms with E-state index in [0.717, 1.165) is 18.4 Å². The molecule has 0 saturated carbocycles. The van der Waals surface area contributed by atoms with Crippen molar-refractivity contribution in [3.63, 3.8) is 0 Å². The summed E-state index contributed by atoms with van der Waals surface area (Å²) in [6.45, 7) is 0.654. The molecular formula is C19H20F3N3O3S. The largest absolute Gasteiger partial charge is 0.366 e. The number of para-hydroxylation sites is 1. The molecule has 0 radical (unpaired) electrons. The number of benzene rings is 2. The highest BCUT2D eigenvalue weighted by Gasteiger charge is 2.28. The summed E-state index contributed by atoms with van der Waals surface area (Å²) in [5.74, 6) is -2.81. The van der Waals surface area contributed by atoms with Crippen molar-refractivity contribution in [1.29, 1.82) is 0 Å². The van der Waals surface area contributed by atoms with E-state index < -0.39 is 39.8 Å². The van der Waals surface area contributed by atoms with E-state index in [-0.39, 0.29) is 18.9 Å².